The van der Waals surface area contributed by atoms with Crippen molar-refractivity contribution in [1.29, 1.82) is 0 Å². The van der Waals surface area contributed by atoms with Crippen molar-refractivity contribution < 1.29 is 0 Å². The van der Waals surface area contributed by atoms with Gasteiger partial charge in [0.25, 0.3) is 0 Å². The van der Waals surface area contributed by atoms with Gasteiger partial charge in [0.15, 0.2) is 0 Å². The molecule has 0 spiro atoms. The van der Waals surface area contributed by atoms with Crippen LogP contribution in [0.3, 0.4) is 0 Å². The van der Waals surface area contributed by atoms with Crippen LogP contribution in [0.5, 0.6) is 0 Å². The van der Waals surface area contributed by atoms with E-state index in [1.54, 1.807) is 0 Å². The van der Waals surface area contributed by atoms with Crippen LogP contribution >= 0.6 is 15.9 Å². The summed E-state index contributed by atoms with van der Waals surface area (Å²) in [6, 6.07) is 6.54. The van der Waals surface area contributed by atoms with Crippen LogP contribution < -0.4 is 0 Å². The average Bonchev–Trinajstić information content (AvgIpc) is 2.08. The molecule has 72 valence electrons. The van der Waals surface area contributed by atoms with Crippen molar-refractivity contribution in [2.24, 2.45) is 0 Å². The highest BCUT2D eigenvalue weighted by atomic mass is 79.9. The van der Waals surface area contributed by atoms with Gasteiger partial charge in [0.2, 0.25) is 0 Å². The standard InChI is InChI=1S/C12H17Br/c1-8-6-5-7-12(9(8)2)10(3)11(4)13/h5-7,10-11H,1-4H3. The van der Waals surface area contributed by atoms with Crippen molar-refractivity contribution >= 4 is 15.9 Å². The molecule has 0 N–H and O–H groups in total. The Morgan fingerprint density at radius 3 is 2.31 bits per heavy atom. The summed E-state index contributed by atoms with van der Waals surface area (Å²) >= 11 is 3.64. The van der Waals surface area contributed by atoms with Crippen LogP contribution in [0, 0.1) is 13.8 Å². The van der Waals surface area contributed by atoms with Crippen LogP contribution in [0.2, 0.25) is 0 Å². The van der Waals surface area contributed by atoms with E-state index in [0.717, 1.165) is 0 Å². The molecule has 0 aliphatic carbocycles. The van der Waals surface area contributed by atoms with Crippen LogP contribution in [-0.4, -0.2) is 4.83 Å². The van der Waals surface area contributed by atoms with E-state index >= 15 is 0 Å². The molecule has 2 unspecified atom stereocenters. The number of halogens is 1. The van der Waals surface area contributed by atoms with E-state index < -0.39 is 0 Å². The average molecular weight is 241 g/mol. The van der Waals surface area contributed by atoms with E-state index in [1.165, 1.54) is 16.7 Å². The minimum absolute atomic E-state index is 0.535. The highest BCUT2D eigenvalue weighted by Crippen LogP contribution is 2.27. The van der Waals surface area contributed by atoms with Gasteiger partial charge in [0.05, 0.1) is 0 Å². The molecule has 1 heteroatoms. The molecule has 1 aromatic carbocycles. The molecule has 1 rings (SSSR count). The zero-order valence-corrected chi connectivity index (χ0v) is 10.4. The fourth-order valence-corrected chi connectivity index (χ4v) is 1.80. The summed E-state index contributed by atoms with van der Waals surface area (Å²) in [5.41, 5.74) is 4.28. The molecule has 0 aromatic heterocycles. The van der Waals surface area contributed by atoms with Gasteiger partial charge in [0, 0.05) is 4.83 Å². The third-order valence-electron chi connectivity index (χ3n) is 2.83. The normalized spacial score (nSPS) is 15.5. The Morgan fingerprint density at radius 1 is 1.15 bits per heavy atom. The predicted octanol–water partition coefficient (Wildman–Crippen LogP) is 4.19. The summed E-state index contributed by atoms with van der Waals surface area (Å²) in [5, 5.41) is 0. The predicted molar refractivity (Wildman–Crippen MR) is 62.7 cm³/mol. The first-order valence-corrected chi connectivity index (χ1v) is 5.65. The highest BCUT2D eigenvalue weighted by molar-refractivity contribution is 9.09. The lowest BCUT2D eigenvalue weighted by molar-refractivity contribution is 0.754. The molecule has 0 bridgehead atoms. The number of rotatable bonds is 2. The Hall–Kier alpha value is -0.300. The first-order valence-electron chi connectivity index (χ1n) is 4.74. The Labute approximate surface area is 89.5 Å². The fourth-order valence-electron chi connectivity index (χ4n) is 1.51. The quantitative estimate of drug-likeness (QED) is 0.681. The largest absolute Gasteiger partial charge is 0.0887 e. The fraction of sp³-hybridized carbons (Fsp3) is 0.500. The van der Waals surface area contributed by atoms with Crippen LogP contribution in [0.4, 0.5) is 0 Å². The Morgan fingerprint density at radius 2 is 1.77 bits per heavy atom. The zero-order chi connectivity index (χ0) is 10.0. The maximum absolute atomic E-state index is 3.64. The molecule has 13 heavy (non-hydrogen) atoms. The molecule has 0 radical (unpaired) electrons. The molecule has 0 heterocycles. The number of alkyl halides is 1. The summed E-state index contributed by atoms with van der Waals surface area (Å²) < 4.78 is 0. The molecule has 0 saturated carbocycles. The van der Waals surface area contributed by atoms with Gasteiger partial charge in [-0.2, -0.15) is 0 Å². The van der Waals surface area contributed by atoms with E-state index in [2.05, 4.69) is 61.8 Å². The van der Waals surface area contributed by atoms with Crippen molar-refractivity contribution in [2.75, 3.05) is 0 Å². The summed E-state index contributed by atoms with van der Waals surface area (Å²) in [5.74, 6) is 0.583. The minimum atomic E-state index is 0.535. The third-order valence-corrected chi connectivity index (χ3v) is 3.62. The van der Waals surface area contributed by atoms with Crippen LogP contribution in [0.25, 0.3) is 0 Å². The van der Waals surface area contributed by atoms with Crippen molar-refractivity contribution in [3.05, 3.63) is 34.9 Å². The van der Waals surface area contributed by atoms with Crippen molar-refractivity contribution in [1.82, 2.24) is 0 Å². The van der Waals surface area contributed by atoms with E-state index in [9.17, 15) is 0 Å². The monoisotopic (exact) mass is 240 g/mol. The molecular formula is C12H17Br. The third kappa shape index (κ3) is 2.34. The smallest absolute Gasteiger partial charge is 0.0183 e. The van der Waals surface area contributed by atoms with Crippen LogP contribution in [0.15, 0.2) is 18.2 Å². The molecule has 0 aliphatic heterocycles. The summed E-state index contributed by atoms with van der Waals surface area (Å²) in [6.45, 7) is 8.84. The molecule has 0 nitrogen and oxygen atoms in total. The zero-order valence-electron chi connectivity index (χ0n) is 8.76. The van der Waals surface area contributed by atoms with Gasteiger partial charge in [0.1, 0.15) is 0 Å². The van der Waals surface area contributed by atoms with E-state index in [1.807, 2.05) is 0 Å². The Bertz CT molecular complexity index is 289. The first-order chi connectivity index (χ1) is 6.04. The summed E-state index contributed by atoms with van der Waals surface area (Å²) in [6.07, 6.45) is 0. The SMILES string of the molecule is Cc1cccc(C(C)C(C)Br)c1C. The number of hydrogen-bond donors (Lipinski definition) is 0. The second kappa shape index (κ2) is 4.28. The van der Waals surface area contributed by atoms with Gasteiger partial charge in [-0.3, -0.25) is 0 Å². The van der Waals surface area contributed by atoms with Gasteiger partial charge >= 0.3 is 0 Å². The van der Waals surface area contributed by atoms with Crippen LogP contribution in [0.1, 0.15) is 36.5 Å². The minimum Gasteiger partial charge on any atom is -0.0887 e. The maximum Gasteiger partial charge on any atom is 0.0183 e. The lowest BCUT2D eigenvalue weighted by Gasteiger charge is -2.18. The van der Waals surface area contributed by atoms with Crippen molar-refractivity contribution in [2.45, 2.75) is 38.4 Å². The van der Waals surface area contributed by atoms with E-state index in [-0.39, 0.29) is 0 Å². The Kier molecular flexibility index (Phi) is 3.55. The summed E-state index contributed by atoms with van der Waals surface area (Å²) in [4.78, 5) is 0.535. The second-order valence-electron chi connectivity index (χ2n) is 3.76. The molecule has 2 atom stereocenters. The van der Waals surface area contributed by atoms with Gasteiger partial charge in [-0.25, -0.2) is 0 Å². The lowest BCUT2D eigenvalue weighted by atomic mass is 9.92. The van der Waals surface area contributed by atoms with E-state index in [0.29, 0.717) is 10.7 Å². The van der Waals surface area contributed by atoms with Gasteiger partial charge < -0.3 is 0 Å². The molecule has 0 amide bonds. The van der Waals surface area contributed by atoms with Crippen molar-refractivity contribution in [3.8, 4) is 0 Å². The number of hydrogen-bond acceptors (Lipinski definition) is 0. The van der Waals surface area contributed by atoms with Gasteiger partial charge in [-0.1, -0.05) is 48.0 Å². The van der Waals surface area contributed by atoms with Gasteiger partial charge in [-0.15, -0.1) is 0 Å². The van der Waals surface area contributed by atoms with Crippen molar-refractivity contribution in [3.63, 3.8) is 0 Å². The molecule has 0 aliphatic rings. The molecule has 0 saturated heterocycles. The van der Waals surface area contributed by atoms with E-state index in [4.69, 9.17) is 0 Å². The van der Waals surface area contributed by atoms with Gasteiger partial charge in [-0.05, 0) is 36.5 Å². The molecule has 0 fully saturated rings. The maximum atomic E-state index is 3.64. The number of benzene rings is 1. The number of aryl methyl sites for hydroxylation is 1. The highest BCUT2D eigenvalue weighted by Gasteiger charge is 2.13. The second-order valence-corrected chi connectivity index (χ2v) is 5.20. The lowest BCUT2D eigenvalue weighted by Crippen LogP contribution is -2.06. The first kappa shape index (κ1) is 10.8. The van der Waals surface area contributed by atoms with Crippen LogP contribution in [-0.2, 0) is 0 Å². The topological polar surface area (TPSA) is 0 Å². The molecular weight excluding hydrogens is 224 g/mol. The summed E-state index contributed by atoms with van der Waals surface area (Å²) in [7, 11) is 0. The molecule has 1 aromatic rings. The Balaban J connectivity index is 3.07.